The Morgan fingerprint density at radius 2 is 0.798 bits per heavy atom. The van der Waals surface area contributed by atoms with Gasteiger partial charge in [-0.25, -0.2) is 57.9 Å². The molecule has 0 atom stereocenters. The summed E-state index contributed by atoms with van der Waals surface area (Å²) >= 11 is 0. The van der Waals surface area contributed by atoms with E-state index in [-0.39, 0.29) is 43.3 Å². The van der Waals surface area contributed by atoms with Gasteiger partial charge in [0.25, 0.3) is 0 Å². The minimum Gasteiger partial charge on any atom is -0.306 e. The van der Waals surface area contributed by atoms with Crippen molar-refractivity contribution in [3.05, 3.63) is 267 Å². The Kier molecular flexibility index (Phi) is 23.1. The Hall–Kier alpha value is -10.8. The highest BCUT2D eigenvalue weighted by atomic mass is 15.3. The second kappa shape index (κ2) is 31.1. The van der Waals surface area contributed by atoms with Crippen molar-refractivity contribution < 1.29 is 0 Å². The molecule has 0 N–H and O–H groups in total. The van der Waals surface area contributed by atoms with Gasteiger partial charge in [-0.05, 0) is 133 Å². The summed E-state index contributed by atoms with van der Waals surface area (Å²) in [5, 5.41) is 16.4. The first kappa shape index (κ1) is 77.4. The maximum absolute atomic E-state index is 4.24. The minimum atomic E-state index is 0.104. The highest BCUT2D eigenvalue weighted by Crippen LogP contribution is 2.30. The van der Waals surface area contributed by atoms with E-state index in [1.807, 2.05) is 108 Å². The van der Waals surface area contributed by atoms with Crippen molar-refractivity contribution in [1.82, 2.24) is 95.9 Å². The van der Waals surface area contributed by atoms with Gasteiger partial charge in [0.05, 0.1) is 72.2 Å². The molecule has 16 aromatic heterocycles. The molecule has 0 aromatic carbocycles. The second-order valence-corrected chi connectivity index (χ2v) is 34.3. The van der Waals surface area contributed by atoms with Gasteiger partial charge in [0.15, 0.2) is 22.6 Å². The summed E-state index contributed by atoms with van der Waals surface area (Å²) in [7, 11) is 0. The van der Waals surface area contributed by atoms with Crippen molar-refractivity contribution in [3.8, 4) is 0 Å². The largest absolute Gasteiger partial charge is 0.306 e. The first-order valence-electron chi connectivity index (χ1n) is 35.5. The third kappa shape index (κ3) is 19.9. The smallest absolute Gasteiger partial charge is 0.158 e. The van der Waals surface area contributed by atoms with Gasteiger partial charge in [-0.3, -0.25) is 0 Å². The maximum Gasteiger partial charge on any atom is 0.158 e. The fraction of sp³-hybridized carbons (Fsp3) is 0.381. The Bertz CT molecular complexity index is 4720. The molecule has 16 heterocycles. The van der Waals surface area contributed by atoms with Gasteiger partial charge < -0.3 is 17.6 Å². The van der Waals surface area contributed by atoms with Crippen molar-refractivity contribution in [2.45, 2.75) is 209 Å². The van der Waals surface area contributed by atoms with E-state index >= 15 is 0 Å². The number of pyridine rings is 8. The molecule has 0 bridgehead atoms. The lowest BCUT2D eigenvalue weighted by Crippen LogP contribution is -2.16. The number of hydrogen-bond donors (Lipinski definition) is 0. The van der Waals surface area contributed by atoms with Crippen LogP contribution in [0.2, 0.25) is 0 Å². The lowest BCUT2D eigenvalue weighted by molar-refractivity contribution is 0.548. The van der Waals surface area contributed by atoms with Crippen LogP contribution in [0.15, 0.2) is 222 Å². The monoisotopic (exact) mass is 1400 g/mol. The molecule has 0 saturated carbocycles. The summed E-state index contributed by atoms with van der Waals surface area (Å²) in [6.45, 7) is 52.7. The molecule has 0 spiro atoms. The van der Waals surface area contributed by atoms with Crippen LogP contribution in [-0.2, 0) is 43.3 Å². The normalized spacial score (nSPS) is 12.2. The van der Waals surface area contributed by atoms with Gasteiger partial charge in [-0.1, -0.05) is 203 Å². The number of imidazole rings is 4. The standard InChI is InChI=1S/4C11H14N2.4C10H13N3/c1-11(2,3)9-4-5-10-6-12-8-13(10)7-9;1-11(2,3)9-4-5-13-8-12-7-10(13)6-9;1-11(2,3)9-5-4-6-13-8-12-7-10(9)13;1-11(2,3)10-6-4-5-9-7-12-8-13(9)10;1-10(2,3)8-4-5-13-9(6-8)11-7-12-13;1-10(2,3)8-4-5-9-11-7-12-13(9)6-8;1-10(2,3)8-5-4-6-13-9(8)11-7-12-13;1-10(2,3)8-5-4-6-9-11-7-12-13(8)9/h4*4-8H,1-3H3;4*4-7H,1-3H3. The molecule has 16 aromatic rings. The minimum absolute atomic E-state index is 0.104. The average Bonchev–Trinajstić information content (AvgIpc) is 1.62. The molecule has 16 rings (SSSR count). The first-order valence-corrected chi connectivity index (χ1v) is 35.5. The summed E-state index contributed by atoms with van der Waals surface area (Å²) in [6, 6.07) is 37.6. The van der Waals surface area contributed by atoms with Crippen molar-refractivity contribution >= 4 is 44.7 Å². The lowest BCUT2D eigenvalue weighted by Gasteiger charge is -2.20. The summed E-state index contributed by atoms with van der Waals surface area (Å²) in [4.78, 5) is 33.1. The summed E-state index contributed by atoms with van der Waals surface area (Å²) in [5.41, 5.74) is 20.0. The van der Waals surface area contributed by atoms with Gasteiger partial charge >= 0.3 is 0 Å². The van der Waals surface area contributed by atoms with Crippen LogP contribution in [0, 0.1) is 0 Å². The molecule has 0 aliphatic rings. The molecule has 0 radical (unpaired) electrons. The molecule has 0 fully saturated rings. The van der Waals surface area contributed by atoms with E-state index < -0.39 is 0 Å². The van der Waals surface area contributed by atoms with Crippen LogP contribution in [0.3, 0.4) is 0 Å². The third-order valence-corrected chi connectivity index (χ3v) is 17.5. The summed E-state index contributed by atoms with van der Waals surface area (Å²) in [6.07, 6.45) is 33.4. The Balaban J connectivity index is 0.000000138. The van der Waals surface area contributed by atoms with E-state index in [0.717, 1.165) is 39.1 Å². The fourth-order valence-corrected chi connectivity index (χ4v) is 11.3. The van der Waals surface area contributed by atoms with Gasteiger partial charge in [0, 0.05) is 65.0 Å². The number of fused-ring (bicyclic) bond motifs is 8. The van der Waals surface area contributed by atoms with Crippen LogP contribution >= 0.6 is 0 Å². The van der Waals surface area contributed by atoms with E-state index in [2.05, 4.69) is 337 Å². The topological polar surface area (TPSA) is 190 Å². The molecule has 0 amide bonds. The molecule has 104 heavy (non-hydrogen) atoms. The zero-order valence-electron chi connectivity index (χ0n) is 65.7. The summed E-state index contributed by atoms with van der Waals surface area (Å²) in [5.74, 6) is 0. The van der Waals surface area contributed by atoms with Gasteiger partial charge in [0.2, 0.25) is 0 Å². The van der Waals surface area contributed by atoms with Crippen LogP contribution in [0.4, 0.5) is 0 Å². The molecule has 0 saturated heterocycles. The van der Waals surface area contributed by atoms with Crippen LogP contribution in [0.25, 0.3) is 44.7 Å². The Morgan fingerprint density at radius 1 is 0.288 bits per heavy atom. The molecule has 0 unspecified atom stereocenters. The first-order chi connectivity index (χ1) is 48.6. The maximum atomic E-state index is 4.24. The molecular formula is C84H108N20. The summed E-state index contributed by atoms with van der Waals surface area (Å²) < 4.78 is 15.5. The van der Waals surface area contributed by atoms with E-state index in [4.69, 9.17) is 0 Å². The average molecular weight is 1400 g/mol. The van der Waals surface area contributed by atoms with Gasteiger partial charge in [0.1, 0.15) is 25.3 Å². The molecule has 0 aliphatic carbocycles. The van der Waals surface area contributed by atoms with E-state index in [1.54, 1.807) is 38.9 Å². The molecule has 544 valence electrons. The Morgan fingerprint density at radius 3 is 1.47 bits per heavy atom. The van der Waals surface area contributed by atoms with E-state index in [1.165, 1.54) is 50.3 Å². The second-order valence-electron chi connectivity index (χ2n) is 34.3. The SMILES string of the molecule is CC(C)(C)c1ccc2cncn2c1.CC(C)(C)c1ccc2ncnn2c1.CC(C)(C)c1cccc2cncn12.CC(C)(C)c1cccc2ncnn12.CC(C)(C)c1cccn2cncc12.CC(C)(C)c1cccn2ncnc12.CC(C)(C)c1ccn2cncc2c1.CC(C)(C)c1ccn2ncnc2c1. The zero-order valence-corrected chi connectivity index (χ0v) is 65.7. The van der Waals surface area contributed by atoms with Crippen LogP contribution < -0.4 is 0 Å². The van der Waals surface area contributed by atoms with Crippen molar-refractivity contribution in [2.75, 3.05) is 0 Å². The lowest BCUT2D eigenvalue weighted by atomic mass is 9.87. The molecule has 20 nitrogen and oxygen atoms in total. The molecule has 20 heteroatoms. The van der Waals surface area contributed by atoms with Crippen LogP contribution in [0.5, 0.6) is 0 Å². The van der Waals surface area contributed by atoms with Crippen molar-refractivity contribution in [3.63, 3.8) is 0 Å². The number of rotatable bonds is 0. The predicted molar refractivity (Wildman–Crippen MR) is 422 cm³/mol. The number of aromatic nitrogens is 20. The third-order valence-electron chi connectivity index (χ3n) is 17.5. The fourth-order valence-electron chi connectivity index (χ4n) is 11.3. The van der Waals surface area contributed by atoms with Gasteiger partial charge in [-0.2, -0.15) is 20.4 Å². The highest BCUT2D eigenvalue weighted by Gasteiger charge is 2.22. The molecular weight excluding hydrogens is 1290 g/mol. The number of hydrogen-bond acceptors (Lipinski definition) is 12. The molecule has 0 aliphatic heterocycles. The van der Waals surface area contributed by atoms with Crippen molar-refractivity contribution in [2.24, 2.45) is 0 Å². The predicted octanol–water partition coefficient (Wildman–Crippen LogP) is 18.6. The Labute approximate surface area is 613 Å². The number of nitrogens with zero attached hydrogens (tertiary/aromatic N) is 20. The highest BCUT2D eigenvalue weighted by molar-refractivity contribution is 5.56. The van der Waals surface area contributed by atoms with Gasteiger partial charge in [-0.15, -0.1) is 0 Å². The van der Waals surface area contributed by atoms with E-state index in [0.29, 0.717) is 0 Å². The van der Waals surface area contributed by atoms with E-state index in [9.17, 15) is 0 Å². The zero-order chi connectivity index (χ0) is 75.8. The quantitative estimate of drug-likeness (QED) is 0.140. The van der Waals surface area contributed by atoms with Crippen LogP contribution in [0.1, 0.15) is 211 Å². The van der Waals surface area contributed by atoms with Crippen LogP contribution in [-0.4, -0.2) is 95.9 Å². The van der Waals surface area contributed by atoms with Crippen molar-refractivity contribution in [1.29, 1.82) is 0 Å².